The van der Waals surface area contributed by atoms with Crippen molar-refractivity contribution >= 4 is 27.6 Å². The number of pyridine rings is 1. The maximum Gasteiger partial charge on any atom is 0.324 e. The predicted molar refractivity (Wildman–Crippen MR) is 58.1 cm³/mol. The summed E-state index contributed by atoms with van der Waals surface area (Å²) < 4.78 is 25.2. The van der Waals surface area contributed by atoms with E-state index in [1.54, 1.807) is 0 Å². The molecule has 0 saturated carbocycles. The van der Waals surface area contributed by atoms with Crippen LogP contribution in [0, 0.1) is 0 Å². The fraction of sp³-hybridized carbons (Fsp3) is 0.250. The van der Waals surface area contributed by atoms with Crippen LogP contribution in [0.3, 0.4) is 0 Å². The molecule has 0 fully saturated rings. The molecule has 0 spiro atoms. The van der Waals surface area contributed by atoms with E-state index < -0.39 is 28.6 Å². The Labute approximate surface area is 102 Å². The van der Waals surface area contributed by atoms with E-state index in [0.29, 0.717) is 0 Å². The standard InChI is InChI=1S/C8H9ClN2O5S/c9-5-1-6(3-10-2-5)17(15,16)11-7(4-12)8(13)14/h1-3,7,11-12H,4H2,(H,13,14)/t7-/m1/s1. The van der Waals surface area contributed by atoms with Crippen LogP contribution in [0.25, 0.3) is 0 Å². The van der Waals surface area contributed by atoms with Crippen molar-refractivity contribution < 1.29 is 23.4 Å². The van der Waals surface area contributed by atoms with Crippen molar-refractivity contribution in [1.29, 1.82) is 0 Å². The van der Waals surface area contributed by atoms with Gasteiger partial charge in [-0.25, -0.2) is 8.42 Å². The molecule has 0 unspecified atom stereocenters. The van der Waals surface area contributed by atoms with Gasteiger partial charge in [-0.15, -0.1) is 0 Å². The Morgan fingerprint density at radius 2 is 2.18 bits per heavy atom. The zero-order valence-corrected chi connectivity index (χ0v) is 9.94. The minimum absolute atomic E-state index is 0.101. The van der Waals surface area contributed by atoms with Gasteiger partial charge in [0, 0.05) is 12.4 Å². The van der Waals surface area contributed by atoms with Crippen molar-refractivity contribution in [2.45, 2.75) is 10.9 Å². The summed E-state index contributed by atoms with van der Waals surface area (Å²) in [6.45, 7) is -0.859. The van der Waals surface area contributed by atoms with Crippen LogP contribution in [0.4, 0.5) is 0 Å². The highest BCUT2D eigenvalue weighted by molar-refractivity contribution is 7.89. The fourth-order valence-electron chi connectivity index (χ4n) is 0.960. The SMILES string of the molecule is O=C(O)[C@@H](CO)NS(=O)(=O)c1cncc(Cl)c1. The second-order valence-electron chi connectivity index (χ2n) is 3.03. The maximum atomic E-state index is 11.7. The number of aliphatic hydroxyl groups excluding tert-OH is 1. The lowest BCUT2D eigenvalue weighted by atomic mass is 10.3. The first-order chi connectivity index (χ1) is 7.86. The molecule has 0 saturated heterocycles. The van der Waals surface area contributed by atoms with E-state index in [1.165, 1.54) is 6.20 Å². The zero-order valence-electron chi connectivity index (χ0n) is 8.37. The summed E-state index contributed by atoms with van der Waals surface area (Å²) in [4.78, 5) is 13.9. The lowest BCUT2D eigenvalue weighted by Crippen LogP contribution is -2.43. The van der Waals surface area contributed by atoms with Gasteiger partial charge in [-0.2, -0.15) is 4.72 Å². The molecule has 0 aliphatic carbocycles. The molecule has 0 bridgehead atoms. The van der Waals surface area contributed by atoms with Crippen LogP contribution >= 0.6 is 11.6 Å². The third-order valence-corrected chi connectivity index (χ3v) is 3.41. The number of carboxylic acid groups (broad SMARTS) is 1. The largest absolute Gasteiger partial charge is 0.480 e. The lowest BCUT2D eigenvalue weighted by molar-refractivity contribution is -0.139. The number of nitrogens with one attached hydrogen (secondary N) is 1. The number of carboxylic acids is 1. The first kappa shape index (κ1) is 13.8. The first-order valence-corrected chi connectivity index (χ1v) is 6.19. The molecule has 94 valence electrons. The Bertz CT molecular complexity index is 518. The summed E-state index contributed by atoms with van der Waals surface area (Å²) >= 11 is 5.56. The van der Waals surface area contributed by atoms with Crippen molar-refractivity contribution in [2.75, 3.05) is 6.61 Å². The summed E-state index contributed by atoms with van der Waals surface area (Å²) in [5.41, 5.74) is 0. The summed E-state index contributed by atoms with van der Waals surface area (Å²) in [6, 6.07) is -0.494. The van der Waals surface area contributed by atoms with Crippen LogP contribution in [0.15, 0.2) is 23.4 Å². The van der Waals surface area contributed by atoms with Gasteiger partial charge in [-0.05, 0) is 6.07 Å². The normalized spacial score (nSPS) is 13.3. The molecule has 1 rings (SSSR count). The second kappa shape index (κ2) is 5.41. The quantitative estimate of drug-likeness (QED) is 0.667. The minimum Gasteiger partial charge on any atom is -0.480 e. The molecule has 0 amide bonds. The van der Waals surface area contributed by atoms with Gasteiger partial charge in [0.1, 0.15) is 10.9 Å². The molecule has 9 heteroatoms. The molecule has 1 aromatic rings. The van der Waals surface area contributed by atoms with Crippen molar-refractivity contribution in [2.24, 2.45) is 0 Å². The smallest absolute Gasteiger partial charge is 0.324 e. The highest BCUT2D eigenvalue weighted by Gasteiger charge is 2.24. The van der Waals surface area contributed by atoms with E-state index in [1.807, 2.05) is 4.72 Å². The van der Waals surface area contributed by atoms with Gasteiger partial charge in [0.05, 0.1) is 11.6 Å². The number of hydrogen-bond acceptors (Lipinski definition) is 5. The van der Waals surface area contributed by atoms with Gasteiger partial charge in [-0.3, -0.25) is 9.78 Å². The van der Waals surface area contributed by atoms with E-state index in [9.17, 15) is 13.2 Å². The van der Waals surface area contributed by atoms with Gasteiger partial charge < -0.3 is 10.2 Å². The van der Waals surface area contributed by atoms with Crippen LogP contribution in [0.1, 0.15) is 0 Å². The topological polar surface area (TPSA) is 117 Å². The van der Waals surface area contributed by atoms with Gasteiger partial charge in [0.25, 0.3) is 0 Å². The highest BCUT2D eigenvalue weighted by Crippen LogP contribution is 2.13. The van der Waals surface area contributed by atoms with E-state index >= 15 is 0 Å². The minimum atomic E-state index is -4.08. The average molecular weight is 281 g/mol. The third-order valence-electron chi connectivity index (χ3n) is 1.77. The van der Waals surface area contributed by atoms with Crippen molar-refractivity contribution in [3.8, 4) is 0 Å². The molecule has 1 heterocycles. The number of aliphatic carboxylic acids is 1. The van der Waals surface area contributed by atoms with Crippen LogP contribution in [0.5, 0.6) is 0 Å². The predicted octanol–water partition coefficient (Wildman–Crippen LogP) is -0.541. The van der Waals surface area contributed by atoms with Crippen LogP contribution < -0.4 is 4.72 Å². The molecule has 0 aliphatic heterocycles. The molecule has 0 radical (unpaired) electrons. The van der Waals surface area contributed by atoms with E-state index in [4.69, 9.17) is 21.8 Å². The average Bonchev–Trinajstić information content (AvgIpc) is 2.25. The third kappa shape index (κ3) is 3.63. The molecular formula is C8H9ClN2O5S. The number of hydrogen-bond donors (Lipinski definition) is 3. The van der Waals surface area contributed by atoms with Gasteiger partial charge in [0.2, 0.25) is 10.0 Å². The molecule has 1 aromatic heterocycles. The number of rotatable bonds is 5. The molecular weight excluding hydrogens is 272 g/mol. The molecule has 0 aliphatic rings. The Morgan fingerprint density at radius 3 is 2.65 bits per heavy atom. The van der Waals surface area contributed by atoms with Crippen LogP contribution in [0.2, 0.25) is 5.02 Å². The van der Waals surface area contributed by atoms with Gasteiger partial charge in [-0.1, -0.05) is 11.6 Å². The summed E-state index contributed by atoms with van der Waals surface area (Å²) in [6.07, 6.45) is 2.26. The number of nitrogens with zero attached hydrogens (tertiary/aromatic N) is 1. The fourth-order valence-corrected chi connectivity index (χ4v) is 2.37. The van der Waals surface area contributed by atoms with E-state index in [-0.39, 0.29) is 9.92 Å². The lowest BCUT2D eigenvalue weighted by Gasteiger charge is -2.11. The summed E-state index contributed by atoms with van der Waals surface area (Å²) in [5.74, 6) is -1.48. The molecule has 7 nitrogen and oxygen atoms in total. The Balaban J connectivity index is 3.00. The monoisotopic (exact) mass is 280 g/mol. The Hall–Kier alpha value is -1.22. The number of aliphatic hydroxyl groups is 1. The van der Waals surface area contributed by atoms with Crippen molar-refractivity contribution in [3.63, 3.8) is 0 Å². The summed E-state index contributed by atoms with van der Waals surface area (Å²) in [7, 11) is -4.08. The first-order valence-electron chi connectivity index (χ1n) is 4.33. The maximum absolute atomic E-state index is 11.7. The van der Waals surface area contributed by atoms with Gasteiger partial charge >= 0.3 is 5.97 Å². The number of carbonyl (C=O) groups is 1. The van der Waals surface area contributed by atoms with Crippen LogP contribution in [-0.2, 0) is 14.8 Å². The number of sulfonamides is 1. The molecule has 0 aromatic carbocycles. The van der Waals surface area contributed by atoms with Crippen LogP contribution in [-0.4, -0.2) is 42.2 Å². The Kier molecular flexibility index (Phi) is 4.40. The summed E-state index contributed by atoms with van der Waals surface area (Å²) in [5, 5.41) is 17.4. The van der Waals surface area contributed by atoms with E-state index in [2.05, 4.69) is 4.98 Å². The van der Waals surface area contributed by atoms with Gasteiger partial charge in [0.15, 0.2) is 0 Å². The molecule has 1 atom stereocenters. The van der Waals surface area contributed by atoms with Crippen molar-refractivity contribution in [1.82, 2.24) is 9.71 Å². The second-order valence-corrected chi connectivity index (χ2v) is 5.18. The Morgan fingerprint density at radius 1 is 1.53 bits per heavy atom. The number of halogens is 1. The van der Waals surface area contributed by atoms with E-state index in [0.717, 1.165) is 12.3 Å². The molecule has 17 heavy (non-hydrogen) atoms. The highest BCUT2D eigenvalue weighted by atomic mass is 35.5. The van der Waals surface area contributed by atoms with Crippen molar-refractivity contribution in [3.05, 3.63) is 23.5 Å². The molecule has 3 N–H and O–H groups in total. The number of aromatic nitrogens is 1. The zero-order chi connectivity index (χ0) is 13.1.